The second-order valence-corrected chi connectivity index (χ2v) is 7.10. The molecule has 1 N–H and O–H groups in total. The first-order valence-electron chi connectivity index (χ1n) is 6.34. The molecule has 3 heterocycles. The van der Waals surface area contributed by atoms with Gasteiger partial charge in [0.25, 0.3) is 0 Å². The van der Waals surface area contributed by atoms with E-state index in [4.69, 9.17) is 4.52 Å². The summed E-state index contributed by atoms with van der Waals surface area (Å²) in [6, 6.07) is 1.90. The van der Waals surface area contributed by atoms with Crippen molar-refractivity contribution in [3.05, 3.63) is 40.2 Å². The number of thiophene rings is 1. The summed E-state index contributed by atoms with van der Waals surface area (Å²) >= 11 is 1.55. The van der Waals surface area contributed by atoms with E-state index in [1.54, 1.807) is 36.1 Å². The van der Waals surface area contributed by atoms with Gasteiger partial charge < -0.3 is 4.52 Å². The summed E-state index contributed by atoms with van der Waals surface area (Å²) < 4.78 is 33.5. The van der Waals surface area contributed by atoms with Gasteiger partial charge in [-0.2, -0.15) is 11.3 Å². The molecular weight excluding hydrogens is 326 g/mol. The minimum absolute atomic E-state index is 0.0382. The lowest BCUT2D eigenvalue weighted by Gasteiger charge is -2.03. The van der Waals surface area contributed by atoms with E-state index in [9.17, 15) is 8.42 Å². The van der Waals surface area contributed by atoms with Crippen LogP contribution in [0.1, 0.15) is 17.1 Å². The van der Waals surface area contributed by atoms with Gasteiger partial charge >= 0.3 is 0 Å². The number of nitrogens with zero attached hydrogens (tertiary/aromatic N) is 4. The number of hydrogen-bond donors (Lipinski definition) is 1. The van der Waals surface area contributed by atoms with Gasteiger partial charge in [0.2, 0.25) is 10.0 Å². The lowest BCUT2D eigenvalue weighted by molar-refractivity contribution is 0.390. The third-order valence-electron chi connectivity index (χ3n) is 2.99. The molecule has 22 heavy (non-hydrogen) atoms. The number of sulfonamides is 1. The van der Waals surface area contributed by atoms with E-state index in [2.05, 4.69) is 20.2 Å². The number of hydrogen-bond acceptors (Lipinski definition) is 7. The minimum atomic E-state index is -3.70. The molecule has 116 valence electrons. The average molecular weight is 339 g/mol. The van der Waals surface area contributed by atoms with Gasteiger partial charge in [0.1, 0.15) is 10.6 Å². The monoisotopic (exact) mass is 339 g/mol. The molecule has 0 aliphatic heterocycles. The lowest BCUT2D eigenvalue weighted by Crippen LogP contribution is -2.24. The number of aromatic nitrogens is 4. The first kappa shape index (κ1) is 14.9. The highest BCUT2D eigenvalue weighted by Crippen LogP contribution is 2.18. The van der Waals surface area contributed by atoms with Gasteiger partial charge in [-0.1, -0.05) is 10.4 Å². The molecule has 0 bridgehead atoms. The molecule has 3 aromatic heterocycles. The Balaban J connectivity index is 1.75. The zero-order chi connectivity index (χ0) is 15.7. The number of rotatable bonds is 5. The van der Waals surface area contributed by atoms with Crippen molar-refractivity contribution < 1.29 is 12.9 Å². The predicted molar refractivity (Wildman–Crippen MR) is 79.2 cm³/mol. The first-order valence-corrected chi connectivity index (χ1v) is 8.76. The molecular formula is C12H13N5O3S2. The van der Waals surface area contributed by atoms with Crippen molar-refractivity contribution in [2.45, 2.75) is 25.3 Å². The normalized spacial score (nSPS) is 11.9. The van der Waals surface area contributed by atoms with Crippen LogP contribution in [0, 0.1) is 13.8 Å². The van der Waals surface area contributed by atoms with Crippen LogP contribution in [0.15, 0.2) is 32.4 Å². The van der Waals surface area contributed by atoms with Gasteiger partial charge in [-0.05, 0) is 25.3 Å². The SMILES string of the molecule is Cc1noc(C)c1S(=O)(=O)NCc1cn(-c2ccsc2)nn1. The molecule has 0 aromatic carbocycles. The molecule has 0 atom stereocenters. The Bertz CT molecular complexity index is 860. The fourth-order valence-corrected chi connectivity index (χ4v) is 3.94. The van der Waals surface area contributed by atoms with Gasteiger partial charge in [-0.25, -0.2) is 17.8 Å². The van der Waals surface area contributed by atoms with E-state index < -0.39 is 10.0 Å². The van der Waals surface area contributed by atoms with Crippen LogP contribution in [0.2, 0.25) is 0 Å². The molecule has 0 spiro atoms. The number of aryl methyl sites for hydroxylation is 2. The Labute approximate surface area is 130 Å². The molecule has 0 amide bonds. The summed E-state index contributed by atoms with van der Waals surface area (Å²) in [4.78, 5) is 0.0673. The lowest BCUT2D eigenvalue weighted by atomic mass is 10.4. The van der Waals surface area contributed by atoms with Gasteiger partial charge in [-0.15, -0.1) is 5.10 Å². The molecule has 3 rings (SSSR count). The molecule has 0 unspecified atom stereocenters. The van der Waals surface area contributed by atoms with Crippen molar-refractivity contribution in [2.24, 2.45) is 0 Å². The molecule has 0 saturated heterocycles. The summed E-state index contributed by atoms with van der Waals surface area (Å²) in [7, 11) is -3.70. The van der Waals surface area contributed by atoms with E-state index in [0.717, 1.165) is 5.69 Å². The molecule has 0 aliphatic carbocycles. The highest BCUT2D eigenvalue weighted by Gasteiger charge is 2.24. The van der Waals surface area contributed by atoms with Gasteiger partial charge in [0.15, 0.2) is 5.76 Å². The predicted octanol–water partition coefficient (Wildman–Crippen LogP) is 1.41. The van der Waals surface area contributed by atoms with Crippen LogP contribution in [0.3, 0.4) is 0 Å². The standard InChI is InChI=1S/C12H13N5O3S2/c1-8-12(9(2)20-15-8)22(18,19)13-5-10-6-17(16-14-10)11-3-4-21-7-11/h3-4,6-7,13H,5H2,1-2H3. The maximum Gasteiger partial charge on any atom is 0.246 e. The fourth-order valence-electron chi connectivity index (χ4n) is 1.99. The maximum atomic E-state index is 12.3. The van der Waals surface area contributed by atoms with Crippen molar-refractivity contribution in [1.82, 2.24) is 24.9 Å². The second-order valence-electron chi connectivity index (χ2n) is 4.61. The van der Waals surface area contributed by atoms with E-state index in [0.29, 0.717) is 11.4 Å². The molecule has 10 heteroatoms. The number of nitrogens with one attached hydrogen (secondary N) is 1. The Morgan fingerprint density at radius 3 is 2.86 bits per heavy atom. The summed E-state index contributed by atoms with van der Waals surface area (Å²) in [6.07, 6.45) is 1.68. The molecule has 0 aliphatic rings. The summed E-state index contributed by atoms with van der Waals surface area (Å²) in [5.41, 5.74) is 1.73. The van der Waals surface area contributed by atoms with Crippen molar-refractivity contribution in [2.75, 3.05) is 0 Å². The van der Waals surface area contributed by atoms with E-state index in [1.807, 2.05) is 16.8 Å². The van der Waals surface area contributed by atoms with Gasteiger partial charge in [0, 0.05) is 5.38 Å². The molecule has 0 radical (unpaired) electrons. The summed E-state index contributed by atoms with van der Waals surface area (Å²) in [6.45, 7) is 3.18. The van der Waals surface area contributed by atoms with Crippen LogP contribution >= 0.6 is 11.3 Å². The third-order valence-corrected chi connectivity index (χ3v) is 5.31. The van der Waals surface area contributed by atoms with Crippen LogP contribution in [0.4, 0.5) is 0 Å². The smallest absolute Gasteiger partial charge is 0.246 e. The maximum absolute atomic E-state index is 12.3. The third kappa shape index (κ3) is 2.80. The topological polar surface area (TPSA) is 103 Å². The zero-order valence-corrected chi connectivity index (χ0v) is 13.5. The molecule has 3 aromatic rings. The summed E-state index contributed by atoms with van der Waals surface area (Å²) in [5.74, 6) is 0.256. The van der Waals surface area contributed by atoms with E-state index in [-0.39, 0.29) is 17.2 Å². The highest BCUT2D eigenvalue weighted by molar-refractivity contribution is 7.89. The Kier molecular flexibility index (Phi) is 3.81. The molecule has 8 nitrogen and oxygen atoms in total. The molecule has 0 saturated carbocycles. The fraction of sp³-hybridized carbons (Fsp3) is 0.250. The Morgan fingerprint density at radius 2 is 2.23 bits per heavy atom. The van der Waals surface area contributed by atoms with Crippen molar-refractivity contribution in [3.63, 3.8) is 0 Å². The van der Waals surface area contributed by atoms with Crippen LogP contribution < -0.4 is 4.72 Å². The highest BCUT2D eigenvalue weighted by atomic mass is 32.2. The zero-order valence-electron chi connectivity index (χ0n) is 11.8. The van der Waals surface area contributed by atoms with Crippen LogP contribution in [0.25, 0.3) is 5.69 Å². The first-order chi connectivity index (χ1) is 10.5. The summed E-state index contributed by atoms with van der Waals surface area (Å²) in [5, 5.41) is 15.4. The van der Waals surface area contributed by atoms with Crippen molar-refractivity contribution >= 4 is 21.4 Å². The van der Waals surface area contributed by atoms with Crippen molar-refractivity contribution in [1.29, 1.82) is 0 Å². The molecule has 0 fully saturated rings. The second kappa shape index (κ2) is 5.63. The van der Waals surface area contributed by atoms with Gasteiger partial charge in [-0.3, -0.25) is 0 Å². The minimum Gasteiger partial charge on any atom is -0.360 e. The van der Waals surface area contributed by atoms with Crippen LogP contribution in [-0.2, 0) is 16.6 Å². The Morgan fingerprint density at radius 1 is 1.41 bits per heavy atom. The van der Waals surface area contributed by atoms with E-state index in [1.165, 1.54) is 0 Å². The van der Waals surface area contributed by atoms with E-state index >= 15 is 0 Å². The average Bonchev–Trinajstić information content (AvgIpc) is 3.17. The van der Waals surface area contributed by atoms with Crippen LogP contribution in [0.5, 0.6) is 0 Å². The Hall–Kier alpha value is -2.04. The quantitative estimate of drug-likeness (QED) is 0.754. The van der Waals surface area contributed by atoms with Gasteiger partial charge in [0.05, 0.1) is 24.1 Å². The van der Waals surface area contributed by atoms with Crippen molar-refractivity contribution in [3.8, 4) is 5.69 Å². The van der Waals surface area contributed by atoms with Crippen LogP contribution in [-0.4, -0.2) is 28.6 Å². The largest absolute Gasteiger partial charge is 0.360 e.